The molecule has 0 aromatic heterocycles. The van der Waals surface area contributed by atoms with Gasteiger partial charge >= 0.3 is 11.9 Å². The van der Waals surface area contributed by atoms with Crippen LogP contribution in [0.4, 0.5) is 0 Å². The van der Waals surface area contributed by atoms with Crippen molar-refractivity contribution in [1.82, 2.24) is 0 Å². The topological polar surface area (TPSA) is 52.6 Å². The molecule has 4 unspecified atom stereocenters. The second-order valence-corrected chi connectivity index (χ2v) is 21.5. The van der Waals surface area contributed by atoms with E-state index < -0.39 is 0 Å². The van der Waals surface area contributed by atoms with E-state index in [0.29, 0.717) is 36.9 Å². The second kappa shape index (κ2) is 40.0. The first-order valence-electron chi connectivity index (χ1n) is 25.2. The summed E-state index contributed by atoms with van der Waals surface area (Å²) in [5, 5.41) is 0. The lowest BCUT2D eigenvalue weighted by atomic mass is 9.82. The summed E-state index contributed by atoms with van der Waals surface area (Å²) >= 11 is 0. The molecule has 60 heavy (non-hydrogen) atoms. The summed E-state index contributed by atoms with van der Waals surface area (Å²) < 4.78 is 10.3. The summed E-state index contributed by atoms with van der Waals surface area (Å²) in [4.78, 5) is 23.3. The van der Waals surface area contributed by atoms with E-state index in [9.17, 15) is 9.59 Å². The van der Waals surface area contributed by atoms with E-state index in [0.717, 1.165) is 73.0 Å². The zero-order chi connectivity index (χ0) is 47.5. The van der Waals surface area contributed by atoms with Crippen molar-refractivity contribution in [2.24, 2.45) is 76.9 Å². The summed E-state index contributed by atoms with van der Waals surface area (Å²) in [5.74, 6) is 8.64. The highest BCUT2D eigenvalue weighted by Crippen LogP contribution is 2.30. The maximum Gasteiger partial charge on any atom is 0.309 e. The SMILES string of the molecule is CC(C)CC(c1ccccc1)C(C)C.CC(C)CCC(C)C.CCC(CC(C)C)C(C)C.CCCCOC(=O)C(CC(C)C)C(C)C.CCOC(=O)C(CC(C)C)C(C)C. The molecule has 0 fully saturated rings. The molecule has 0 radical (unpaired) electrons. The fourth-order valence-corrected chi connectivity index (χ4v) is 7.15. The molecule has 358 valence electrons. The fraction of sp³-hybridized carbons (Fsp3) is 0.857. The van der Waals surface area contributed by atoms with E-state index in [1.54, 1.807) is 0 Å². The Kier molecular flexibility index (Phi) is 43.2. The predicted octanol–water partition coefficient (Wildman–Crippen LogP) is 17.8. The quantitative estimate of drug-likeness (QED) is 0.0813. The van der Waals surface area contributed by atoms with E-state index >= 15 is 0 Å². The zero-order valence-corrected chi connectivity index (χ0v) is 44.9. The van der Waals surface area contributed by atoms with Crippen LogP contribution in [0.1, 0.15) is 229 Å². The number of carbonyl (C=O) groups is 2. The molecule has 0 aliphatic rings. The molecule has 0 N–H and O–H groups in total. The van der Waals surface area contributed by atoms with Crippen molar-refractivity contribution in [3.05, 3.63) is 35.9 Å². The molecule has 4 heteroatoms. The van der Waals surface area contributed by atoms with Crippen molar-refractivity contribution in [1.29, 1.82) is 0 Å². The van der Waals surface area contributed by atoms with E-state index in [1.807, 2.05) is 6.92 Å². The summed E-state index contributed by atoms with van der Waals surface area (Å²) in [7, 11) is 0. The average Bonchev–Trinajstić information content (AvgIpc) is 3.14. The lowest BCUT2D eigenvalue weighted by molar-refractivity contribution is -0.151. The maximum absolute atomic E-state index is 11.8. The minimum absolute atomic E-state index is 0.00727. The molecule has 4 nitrogen and oxygen atoms in total. The Morgan fingerprint density at radius 2 is 0.867 bits per heavy atom. The average molecular weight is 847 g/mol. The van der Waals surface area contributed by atoms with Crippen molar-refractivity contribution < 1.29 is 19.1 Å². The fourth-order valence-electron chi connectivity index (χ4n) is 7.15. The number of esters is 2. The second-order valence-electron chi connectivity index (χ2n) is 21.5. The van der Waals surface area contributed by atoms with E-state index in [2.05, 4.69) is 183 Å². The van der Waals surface area contributed by atoms with Gasteiger partial charge in [0.15, 0.2) is 0 Å². The Balaban J connectivity index is -0.000000332. The molecular formula is C56H110O4. The smallest absolute Gasteiger partial charge is 0.309 e. The van der Waals surface area contributed by atoms with Gasteiger partial charge < -0.3 is 9.47 Å². The molecule has 0 saturated heterocycles. The van der Waals surface area contributed by atoms with Gasteiger partial charge in [0.2, 0.25) is 0 Å². The lowest BCUT2D eigenvalue weighted by Crippen LogP contribution is -2.24. The summed E-state index contributed by atoms with van der Waals surface area (Å²) in [6.45, 7) is 51.9. The van der Waals surface area contributed by atoms with Gasteiger partial charge in [0.1, 0.15) is 0 Å². The Hall–Kier alpha value is -1.84. The molecule has 0 saturated carbocycles. The van der Waals surface area contributed by atoms with Crippen molar-refractivity contribution in [2.45, 2.75) is 223 Å². The number of rotatable bonds is 23. The van der Waals surface area contributed by atoms with Crippen LogP contribution < -0.4 is 0 Å². The summed E-state index contributed by atoms with van der Waals surface area (Å²) in [6.07, 6.45) is 10.7. The molecule has 4 atom stereocenters. The van der Waals surface area contributed by atoms with Gasteiger partial charge in [0.25, 0.3) is 0 Å². The summed E-state index contributed by atoms with van der Waals surface area (Å²) in [6, 6.07) is 10.9. The Bertz CT molecular complexity index is 1060. The van der Waals surface area contributed by atoms with Crippen LogP contribution in [-0.2, 0) is 19.1 Å². The molecule has 1 rings (SSSR count). The van der Waals surface area contributed by atoms with Crippen molar-refractivity contribution in [3.63, 3.8) is 0 Å². The highest BCUT2D eigenvalue weighted by molar-refractivity contribution is 5.73. The highest BCUT2D eigenvalue weighted by Gasteiger charge is 2.25. The standard InChI is InChI=1S/C14H22.C13H26O2.C11H22O2.C10H22.C8H18/c1-11(2)10-14(12(3)4)13-8-6-5-7-9-13;1-6-7-8-15-13(14)12(11(4)5)9-10(2)3;1-6-13-11(12)10(9(4)5)7-8(2)3;1-6-10(9(4)5)7-8(2)3;1-7(2)5-6-8(3)4/h5-9,11-12,14H,10H2,1-4H3;10-12H,6-9H2,1-5H3;8-10H,6-7H2,1-5H3;8-10H,6-7H2,1-5H3;7-8H,5-6H2,1-4H3. The first-order valence-corrected chi connectivity index (χ1v) is 25.2. The number of hydrogen-bond donors (Lipinski definition) is 0. The van der Waals surface area contributed by atoms with Crippen molar-refractivity contribution in [2.75, 3.05) is 13.2 Å². The molecule has 0 aliphatic carbocycles. The van der Waals surface area contributed by atoms with Crippen LogP contribution >= 0.6 is 0 Å². The van der Waals surface area contributed by atoms with Crippen LogP contribution in [0, 0.1) is 76.9 Å². The van der Waals surface area contributed by atoms with Gasteiger partial charge in [0.05, 0.1) is 25.0 Å². The highest BCUT2D eigenvalue weighted by atomic mass is 16.5. The van der Waals surface area contributed by atoms with Gasteiger partial charge in [-0.25, -0.2) is 0 Å². The van der Waals surface area contributed by atoms with Crippen LogP contribution in [0.5, 0.6) is 0 Å². The molecule has 1 aromatic carbocycles. The van der Waals surface area contributed by atoms with Gasteiger partial charge in [-0.15, -0.1) is 0 Å². The first kappa shape index (κ1) is 64.8. The number of hydrogen-bond acceptors (Lipinski definition) is 4. The Morgan fingerprint density at radius 3 is 1.13 bits per heavy atom. The molecule has 0 aliphatic heterocycles. The van der Waals surface area contributed by atoms with Crippen LogP contribution in [0.15, 0.2) is 30.3 Å². The molecule has 0 heterocycles. The number of benzene rings is 1. The molecular weight excluding hydrogens is 737 g/mol. The normalized spacial score (nSPS) is 13.3. The molecule has 0 bridgehead atoms. The van der Waals surface area contributed by atoms with Crippen LogP contribution in [0.3, 0.4) is 0 Å². The van der Waals surface area contributed by atoms with Crippen LogP contribution in [0.25, 0.3) is 0 Å². The first-order chi connectivity index (χ1) is 27.8. The molecule has 0 spiro atoms. The minimum Gasteiger partial charge on any atom is -0.466 e. The van der Waals surface area contributed by atoms with Crippen LogP contribution in [0.2, 0.25) is 0 Å². The van der Waals surface area contributed by atoms with Crippen molar-refractivity contribution in [3.8, 4) is 0 Å². The van der Waals surface area contributed by atoms with Gasteiger partial charge in [-0.05, 0) is 116 Å². The van der Waals surface area contributed by atoms with E-state index in [4.69, 9.17) is 9.47 Å². The van der Waals surface area contributed by atoms with Gasteiger partial charge in [-0.1, -0.05) is 208 Å². The minimum atomic E-state index is -0.0359. The molecule has 0 amide bonds. The lowest BCUT2D eigenvalue weighted by Gasteiger charge is -2.23. The largest absolute Gasteiger partial charge is 0.466 e. The van der Waals surface area contributed by atoms with Gasteiger partial charge in [-0.3, -0.25) is 9.59 Å². The monoisotopic (exact) mass is 847 g/mol. The zero-order valence-electron chi connectivity index (χ0n) is 44.9. The third kappa shape index (κ3) is 40.2. The van der Waals surface area contributed by atoms with E-state index in [-0.39, 0.29) is 23.8 Å². The van der Waals surface area contributed by atoms with Gasteiger partial charge in [-0.2, -0.15) is 0 Å². The third-order valence-corrected chi connectivity index (χ3v) is 11.0. The third-order valence-electron chi connectivity index (χ3n) is 11.0. The van der Waals surface area contributed by atoms with Crippen molar-refractivity contribution >= 4 is 11.9 Å². The number of ether oxygens (including phenoxy) is 2. The predicted molar refractivity (Wildman–Crippen MR) is 269 cm³/mol. The Morgan fingerprint density at radius 1 is 0.467 bits per heavy atom. The van der Waals surface area contributed by atoms with E-state index in [1.165, 1.54) is 37.7 Å². The summed E-state index contributed by atoms with van der Waals surface area (Å²) in [5.41, 5.74) is 1.50. The number of unbranched alkanes of at least 4 members (excludes halogenated alkanes) is 1. The maximum atomic E-state index is 11.8. The van der Waals surface area contributed by atoms with Crippen LogP contribution in [-0.4, -0.2) is 25.2 Å². The number of carbonyl (C=O) groups excluding carboxylic acids is 2. The molecule has 1 aromatic rings. The Labute approximate surface area is 378 Å². The van der Waals surface area contributed by atoms with Gasteiger partial charge in [0, 0.05) is 0 Å².